The lowest BCUT2D eigenvalue weighted by molar-refractivity contribution is -0.137. The van der Waals surface area contributed by atoms with Crippen molar-refractivity contribution >= 4 is 22.9 Å². The molecule has 0 fully saturated rings. The SMILES string of the molecule is CC(O)c1ccc2ccc(/C=C/CCCC(=O)O)nc2c1. The fourth-order valence-corrected chi connectivity index (χ4v) is 2.08. The molecule has 21 heavy (non-hydrogen) atoms. The van der Waals surface area contributed by atoms with Crippen LogP contribution in [0.4, 0.5) is 0 Å². The number of hydrogen-bond acceptors (Lipinski definition) is 3. The van der Waals surface area contributed by atoms with E-state index in [4.69, 9.17) is 5.11 Å². The third-order valence-corrected chi connectivity index (χ3v) is 3.27. The molecular weight excluding hydrogens is 266 g/mol. The molecule has 4 nitrogen and oxygen atoms in total. The number of fused-ring (bicyclic) bond motifs is 1. The van der Waals surface area contributed by atoms with E-state index in [1.807, 2.05) is 42.5 Å². The number of aliphatic hydroxyl groups is 1. The molecule has 1 aromatic heterocycles. The third kappa shape index (κ3) is 4.39. The highest BCUT2D eigenvalue weighted by atomic mass is 16.4. The molecule has 0 saturated heterocycles. The predicted octanol–water partition coefficient (Wildman–Crippen LogP) is 3.56. The smallest absolute Gasteiger partial charge is 0.303 e. The number of rotatable bonds is 6. The van der Waals surface area contributed by atoms with Gasteiger partial charge in [-0.25, -0.2) is 4.98 Å². The van der Waals surface area contributed by atoms with Gasteiger partial charge in [-0.05, 0) is 43.5 Å². The quantitative estimate of drug-likeness (QED) is 0.796. The minimum atomic E-state index is -0.766. The van der Waals surface area contributed by atoms with Gasteiger partial charge in [0, 0.05) is 11.8 Å². The van der Waals surface area contributed by atoms with Gasteiger partial charge in [-0.1, -0.05) is 24.3 Å². The molecule has 0 aliphatic carbocycles. The maximum Gasteiger partial charge on any atom is 0.303 e. The molecule has 1 heterocycles. The summed E-state index contributed by atoms with van der Waals surface area (Å²) in [4.78, 5) is 14.9. The highest BCUT2D eigenvalue weighted by molar-refractivity contribution is 5.80. The van der Waals surface area contributed by atoms with E-state index in [-0.39, 0.29) is 6.42 Å². The second-order valence-corrected chi connectivity index (χ2v) is 5.05. The summed E-state index contributed by atoms with van der Waals surface area (Å²) in [7, 11) is 0. The Labute approximate surface area is 123 Å². The Morgan fingerprint density at radius 3 is 2.81 bits per heavy atom. The van der Waals surface area contributed by atoms with Crippen molar-refractivity contribution in [3.63, 3.8) is 0 Å². The summed E-state index contributed by atoms with van der Waals surface area (Å²) in [6.45, 7) is 1.73. The molecule has 0 radical (unpaired) electrons. The summed E-state index contributed by atoms with van der Waals surface area (Å²) in [5.41, 5.74) is 2.53. The molecule has 2 rings (SSSR count). The van der Waals surface area contributed by atoms with Gasteiger partial charge in [0.05, 0.1) is 17.3 Å². The molecule has 0 amide bonds. The predicted molar refractivity (Wildman–Crippen MR) is 82.9 cm³/mol. The van der Waals surface area contributed by atoms with Crippen LogP contribution in [0.2, 0.25) is 0 Å². The van der Waals surface area contributed by atoms with Crippen molar-refractivity contribution < 1.29 is 15.0 Å². The standard InChI is InChI=1S/C17H19NO3/c1-12(19)14-8-7-13-9-10-15(18-16(13)11-14)5-3-2-4-6-17(20)21/h3,5,7-12,19H,2,4,6H2,1H3,(H,20,21)/b5-3+. The van der Waals surface area contributed by atoms with Crippen LogP contribution in [-0.2, 0) is 4.79 Å². The van der Waals surface area contributed by atoms with E-state index < -0.39 is 12.1 Å². The van der Waals surface area contributed by atoms with E-state index in [1.54, 1.807) is 6.92 Å². The number of nitrogens with zero attached hydrogens (tertiary/aromatic N) is 1. The minimum Gasteiger partial charge on any atom is -0.481 e. The number of aromatic nitrogens is 1. The van der Waals surface area contributed by atoms with E-state index in [0.717, 1.165) is 28.6 Å². The number of benzene rings is 1. The Morgan fingerprint density at radius 1 is 1.33 bits per heavy atom. The van der Waals surface area contributed by atoms with E-state index in [1.165, 1.54) is 0 Å². The molecule has 1 unspecified atom stereocenters. The highest BCUT2D eigenvalue weighted by Gasteiger charge is 2.03. The first-order valence-electron chi connectivity index (χ1n) is 7.03. The van der Waals surface area contributed by atoms with E-state index in [2.05, 4.69) is 4.98 Å². The van der Waals surface area contributed by atoms with Gasteiger partial charge in [0.2, 0.25) is 0 Å². The second kappa shape index (κ2) is 6.99. The zero-order valence-electron chi connectivity index (χ0n) is 12.0. The van der Waals surface area contributed by atoms with Crippen LogP contribution < -0.4 is 0 Å². The Hall–Kier alpha value is -2.20. The number of unbranched alkanes of at least 4 members (excludes halogenated alkanes) is 1. The maximum atomic E-state index is 10.4. The topological polar surface area (TPSA) is 70.4 Å². The molecule has 0 aliphatic rings. The van der Waals surface area contributed by atoms with Crippen LogP contribution >= 0.6 is 0 Å². The molecular formula is C17H19NO3. The summed E-state index contributed by atoms with van der Waals surface area (Å²) < 4.78 is 0. The van der Waals surface area contributed by atoms with Crippen LogP contribution in [0.25, 0.3) is 17.0 Å². The van der Waals surface area contributed by atoms with Gasteiger partial charge < -0.3 is 10.2 Å². The lowest BCUT2D eigenvalue weighted by atomic mass is 10.1. The van der Waals surface area contributed by atoms with E-state index in [0.29, 0.717) is 6.42 Å². The molecule has 4 heteroatoms. The number of carbonyl (C=O) groups is 1. The van der Waals surface area contributed by atoms with Crippen molar-refractivity contribution in [1.82, 2.24) is 4.98 Å². The molecule has 0 bridgehead atoms. The molecule has 110 valence electrons. The molecule has 1 aromatic carbocycles. The summed E-state index contributed by atoms with van der Waals surface area (Å²) in [6.07, 6.45) is 4.87. The zero-order chi connectivity index (χ0) is 15.2. The molecule has 0 spiro atoms. The first-order valence-corrected chi connectivity index (χ1v) is 7.03. The van der Waals surface area contributed by atoms with Crippen molar-refractivity contribution in [2.24, 2.45) is 0 Å². The van der Waals surface area contributed by atoms with E-state index in [9.17, 15) is 9.90 Å². The van der Waals surface area contributed by atoms with Crippen molar-refractivity contribution in [1.29, 1.82) is 0 Å². The molecule has 1 atom stereocenters. The molecule has 2 aromatic rings. The number of carboxylic acids is 1. The number of carboxylic acid groups (broad SMARTS) is 1. The van der Waals surface area contributed by atoms with Crippen LogP contribution in [0.5, 0.6) is 0 Å². The Morgan fingerprint density at radius 2 is 2.10 bits per heavy atom. The number of hydrogen-bond donors (Lipinski definition) is 2. The summed E-state index contributed by atoms with van der Waals surface area (Å²) in [5, 5.41) is 19.2. The number of pyridine rings is 1. The first kappa shape index (κ1) is 15.2. The van der Waals surface area contributed by atoms with Gasteiger partial charge in [-0.15, -0.1) is 0 Å². The largest absolute Gasteiger partial charge is 0.481 e. The fourth-order valence-electron chi connectivity index (χ4n) is 2.08. The van der Waals surface area contributed by atoms with Gasteiger partial charge in [0.15, 0.2) is 0 Å². The average molecular weight is 285 g/mol. The van der Waals surface area contributed by atoms with Crippen LogP contribution in [0, 0.1) is 0 Å². The summed E-state index contributed by atoms with van der Waals surface area (Å²) in [6, 6.07) is 9.66. The van der Waals surface area contributed by atoms with Crippen molar-refractivity contribution in [2.45, 2.75) is 32.3 Å². The minimum absolute atomic E-state index is 0.188. The van der Waals surface area contributed by atoms with Gasteiger partial charge in [-0.2, -0.15) is 0 Å². The zero-order valence-corrected chi connectivity index (χ0v) is 12.0. The van der Waals surface area contributed by atoms with Gasteiger partial charge in [0.1, 0.15) is 0 Å². The summed E-state index contributed by atoms with van der Waals surface area (Å²) in [5.74, 6) is -0.766. The second-order valence-electron chi connectivity index (χ2n) is 5.05. The molecule has 0 saturated carbocycles. The van der Waals surface area contributed by atoms with Crippen LogP contribution in [-0.4, -0.2) is 21.2 Å². The number of allylic oxidation sites excluding steroid dienone is 1. The summed E-state index contributed by atoms with van der Waals surface area (Å²) >= 11 is 0. The van der Waals surface area contributed by atoms with Crippen molar-refractivity contribution in [2.75, 3.05) is 0 Å². The lowest BCUT2D eigenvalue weighted by Crippen LogP contribution is -1.93. The van der Waals surface area contributed by atoms with Crippen LogP contribution in [0.1, 0.15) is 43.5 Å². The number of aliphatic hydroxyl groups excluding tert-OH is 1. The fraction of sp³-hybridized carbons (Fsp3) is 0.294. The number of aliphatic carboxylic acids is 1. The van der Waals surface area contributed by atoms with Gasteiger partial charge in [-0.3, -0.25) is 4.79 Å². The normalized spacial score (nSPS) is 12.9. The lowest BCUT2D eigenvalue weighted by Gasteiger charge is -2.06. The Bertz CT molecular complexity index is 662. The highest BCUT2D eigenvalue weighted by Crippen LogP contribution is 2.19. The van der Waals surface area contributed by atoms with Gasteiger partial charge >= 0.3 is 5.97 Å². The molecule has 2 N–H and O–H groups in total. The third-order valence-electron chi connectivity index (χ3n) is 3.27. The van der Waals surface area contributed by atoms with Gasteiger partial charge in [0.25, 0.3) is 0 Å². The maximum absolute atomic E-state index is 10.4. The van der Waals surface area contributed by atoms with E-state index >= 15 is 0 Å². The average Bonchev–Trinajstić information content (AvgIpc) is 2.45. The van der Waals surface area contributed by atoms with Crippen LogP contribution in [0.15, 0.2) is 36.4 Å². The Kier molecular flexibility index (Phi) is 5.06. The van der Waals surface area contributed by atoms with Crippen LogP contribution in [0.3, 0.4) is 0 Å². The Balaban J connectivity index is 2.10. The van der Waals surface area contributed by atoms with Crippen molar-refractivity contribution in [3.8, 4) is 0 Å². The van der Waals surface area contributed by atoms with Crippen molar-refractivity contribution in [3.05, 3.63) is 47.7 Å². The first-order chi connectivity index (χ1) is 10.1. The monoisotopic (exact) mass is 285 g/mol. The molecule has 0 aliphatic heterocycles.